The fourth-order valence-electron chi connectivity index (χ4n) is 1.89. The van der Waals surface area contributed by atoms with Crippen LogP contribution < -0.4 is 10.0 Å². The lowest BCUT2D eigenvalue weighted by molar-refractivity contribution is -0.152. The topological polar surface area (TPSA) is 102 Å². The highest BCUT2D eigenvalue weighted by atomic mass is 32.2. The first-order valence-electron chi connectivity index (χ1n) is 7.57. The minimum atomic E-state index is -3.66. The number of nitrogens with one attached hydrogen (secondary N) is 2. The molecule has 2 N–H and O–H groups in total. The zero-order valence-corrected chi connectivity index (χ0v) is 15.4. The van der Waals surface area contributed by atoms with Crippen LogP contribution in [0, 0.1) is 5.82 Å². The normalized spacial score (nSPS) is 12.4. The van der Waals surface area contributed by atoms with Gasteiger partial charge in [0.1, 0.15) is 10.0 Å². The van der Waals surface area contributed by atoms with Crippen LogP contribution in [0.25, 0.3) is 0 Å². The standard InChI is InChI=1S/C16H17FN2O5S2/c1-11(16(21)19-13-5-2-4-12(17)10-13)24-14(20)7-8-18-26(22,23)15-6-3-9-25-15/h2-6,9-11,18H,7-8H2,1H3,(H,19,21)/t11-/m0/s1. The number of carbonyl (C=O) groups excluding carboxylic acids is 2. The number of hydrogen-bond acceptors (Lipinski definition) is 6. The van der Waals surface area contributed by atoms with Gasteiger partial charge in [-0.2, -0.15) is 0 Å². The third-order valence-corrected chi connectivity index (χ3v) is 6.01. The van der Waals surface area contributed by atoms with E-state index in [0.717, 1.165) is 17.4 Å². The number of hydrogen-bond donors (Lipinski definition) is 2. The molecule has 2 aromatic rings. The number of carbonyl (C=O) groups is 2. The van der Waals surface area contributed by atoms with E-state index in [-0.39, 0.29) is 22.9 Å². The summed E-state index contributed by atoms with van der Waals surface area (Å²) in [7, 11) is -3.66. The highest BCUT2D eigenvalue weighted by Crippen LogP contribution is 2.15. The molecule has 0 unspecified atom stereocenters. The molecule has 0 radical (unpaired) electrons. The number of rotatable bonds is 8. The van der Waals surface area contributed by atoms with Gasteiger partial charge in [-0.25, -0.2) is 17.5 Å². The van der Waals surface area contributed by atoms with Crippen LogP contribution in [-0.2, 0) is 24.3 Å². The maximum atomic E-state index is 13.1. The molecule has 0 spiro atoms. The zero-order chi connectivity index (χ0) is 19.2. The molecule has 1 atom stereocenters. The molecule has 0 saturated carbocycles. The summed E-state index contributed by atoms with van der Waals surface area (Å²) in [4.78, 5) is 23.7. The van der Waals surface area contributed by atoms with Crippen LogP contribution in [0.5, 0.6) is 0 Å². The second-order valence-corrected chi connectivity index (χ2v) is 8.15. The van der Waals surface area contributed by atoms with Crippen molar-refractivity contribution < 1.29 is 27.1 Å². The molecule has 1 aromatic heterocycles. The van der Waals surface area contributed by atoms with E-state index in [2.05, 4.69) is 10.0 Å². The van der Waals surface area contributed by atoms with Gasteiger partial charge in [-0.3, -0.25) is 9.59 Å². The quantitative estimate of drug-likeness (QED) is 0.661. The molecule has 1 amide bonds. The molecule has 0 bridgehead atoms. The summed E-state index contributed by atoms with van der Waals surface area (Å²) in [6.07, 6.45) is -1.35. The maximum Gasteiger partial charge on any atom is 0.307 e. The molecular formula is C16H17FN2O5S2. The molecule has 26 heavy (non-hydrogen) atoms. The van der Waals surface area contributed by atoms with Crippen molar-refractivity contribution in [2.45, 2.75) is 23.7 Å². The SMILES string of the molecule is C[C@H](OC(=O)CCNS(=O)(=O)c1cccs1)C(=O)Nc1cccc(F)c1. The molecule has 1 heterocycles. The van der Waals surface area contributed by atoms with Gasteiger partial charge in [0, 0.05) is 12.2 Å². The average molecular weight is 400 g/mol. The van der Waals surface area contributed by atoms with Crippen LogP contribution in [0.15, 0.2) is 46.0 Å². The maximum absolute atomic E-state index is 13.1. The predicted octanol–water partition coefficient (Wildman–Crippen LogP) is 2.13. The van der Waals surface area contributed by atoms with Gasteiger partial charge in [0.25, 0.3) is 5.91 Å². The summed E-state index contributed by atoms with van der Waals surface area (Å²) >= 11 is 1.06. The number of thiophene rings is 1. The van der Waals surface area contributed by atoms with E-state index in [9.17, 15) is 22.4 Å². The van der Waals surface area contributed by atoms with Gasteiger partial charge in [-0.1, -0.05) is 12.1 Å². The summed E-state index contributed by atoms with van der Waals surface area (Å²) in [6, 6.07) is 8.34. The number of amides is 1. The fraction of sp³-hybridized carbons (Fsp3) is 0.250. The van der Waals surface area contributed by atoms with Crippen LogP contribution in [-0.4, -0.2) is 32.9 Å². The second kappa shape index (κ2) is 8.88. The first kappa shape index (κ1) is 20.0. The molecule has 140 valence electrons. The second-order valence-electron chi connectivity index (χ2n) is 5.21. The van der Waals surface area contributed by atoms with Crippen molar-refractivity contribution in [3.8, 4) is 0 Å². The van der Waals surface area contributed by atoms with Crippen LogP contribution in [0.1, 0.15) is 13.3 Å². The molecule has 2 rings (SSSR count). The Balaban J connectivity index is 1.77. The Labute approximate surface area is 154 Å². The van der Waals surface area contributed by atoms with Crippen molar-refractivity contribution in [3.63, 3.8) is 0 Å². The summed E-state index contributed by atoms with van der Waals surface area (Å²) in [5.74, 6) is -1.87. The predicted molar refractivity (Wildman–Crippen MR) is 94.7 cm³/mol. The van der Waals surface area contributed by atoms with Gasteiger partial charge in [-0.05, 0) is 36.6 Å². The van der Waals surface area contributed by atoms with Crippen molar-refractivity contribution in [2.24, 2.45) is 0 Å². The molecule has 1 aromatic carbocycles. The van der Waals surface area contributed by atoms with Crippen molar-refractivity contribution in [3.05, 3.63) is 47.6 Å². The zero-order valence-electron chi connectivity index (χ0n) is 13.8. The third-order valence-electron chi connectivity index (χ3n) is 3.15. The van der Waals surface area contributed by atoms with E-state index in [4.69, 9.17) is 4.74 Å². The Morgan fingerprint density at radius 3 is 2.69 bits per heavy atom. The Kier molecular flexibility index (Phi) is 6.83. The van der Waals surface area contributed by atoms with Crippen molar-refractivity contribution in [1.82, 2.24) is 4.72 Å². The van der Waals surface area contributed by atoms with Crippen molar-refractivity contribution in [1.29, 1.82) is 0 Å². The summed E-state index contributed by atoms with van der Waals surface area (Å²) < 4.78 is 44.2. The van der Waals surface area contributed by atoms with Gasteiger partial charge < -0.3 is 10.1 Å². The first-order valence-corrected chi connectivity index (χ1v) is 9.93. The van der Waals surface area contributed by atoms with E-state index in [1.54, 1.807) is 11.4 Å². The molecule has 7 nitrogen and oxygen atoms in total. The Hall–Kier alpha value is -2.30. The molecule has 0 aliphatic heterocycles. The van der Waals surface area contributed by atoms with Crippen molar-refractivity contribution >= 4 is 38.9 Å². The Morgan fingerprint density at radius 1 is 1.27 bits per heavy atom. The van der Waals surface area contributed by atoms with Crippen molar-refractivity contribution in [2.75, 3.05) is 11.9 Å². The van der Waals surface area contributed by atoms with E-state index in [1.807, 2.05) is 0 Å². The number of esters is 1. The molecule has 0 aliphatic rings. The molecule has 0 fully saturated rings. The summed E-state index contributed by atoms with van der Waals surface area (Å²) in [6.45, 7) is 1.21. The number of anilines is 1. The minimum absolute atomic E-state index is 0.147. The molecule has 10 heteroatoms. The molecule has 0 aliphatic carbocycles. The Morgan fingerprint density at radius 2 is 2.04 bits per heavy atom. The number of ether oxygens (including phenoxy) is 1. The summed E-state index contributed by atoms with van der Waals surface area (Å²) in [5.41, 5.74) is 0.238. The fourth-order valence-corrected chi connectivity index (χ4v) is 3.96. The van der Waals surface area contributed by atoms with Gasteiger partial charge in [0.05, 0.1) is 6.42 Å². The van der Waals surface area contributed by atoms with Crippen LogP contribution >= 0.6 is 11.3 Å². The molecule has 0 saturated heterocycles. The molecular weight excluding hydrogens is 383 g/mol. The third kappa shape index (κ3) is 5.90. The van der Waals surface area contributed by atoms with Crippen LogP contribution in [0.3, 0.4) is 0 Å². The lowest BCUT2D eigenvalue weighted by Gasteiger charge is -2.13. The van der Waals surface area contributed by atoms with Gasteiger partial charge in [0.2, 0.25) is 10.0 Å². The van der Waals surface area contributed by atoms with E-state index in [0.29, 0.717) is 0 Å². The minimum Gasteiger partial charge on any atom is -0.452 e. The monoisotopic (exact) mass is 400 g/mol. The lowest BCUT2D eigenvalue weighted by Crippen LogP contribution is -2.32. The highest BCUT2D eigenvalue weighted by molar-refractivity contribution is 7.91. The smallest absolute Gasteiger partial charge is 0.307 e. The van der Waals surface area contributed by atoms with Crippen LogP contribution in [0.4, 0.5) is 10.1 Å². The number of sulfonamides is 1. The van der Waals surface area contributed by atoms with E-state index in [1.165, 1.54) is 31.2 Å². The van der Waals surface area contributed by atoms with Gasteiger partial charge >= 0.3 is 5.97 Å². The largest absolute Gasteiger partial charge is 0.452 e. The number of halogens is 1. The van der Waals surface area contributed by atoms with E-state index >= 15 is 0 Å². The van der Waals surface area contributed by atoms with E-state index < -0.39 is 33.8 Å². The summed E-state index contributed by atoms with van der Waals surface area (Å²) in [5, 5.41) is 4.05. The first-order chi connectivity index (χ1) is 12.3. The van der Waals surface area contributed by atoms with Gasteiger partial charge in [-0.15, -0.1) is 11.3 Å². The average Bonchev–Trinajstić information content (AvgIpc) is 3.10. The van der Waals surface area contributed by atoms with Gasteiger partial charge in [0.15, 0.2) is 6.10 Å². The highest BCUT2D eigenvalue weighted by Gasteiger charge is 2.19. The van der Waals surface area contributed by atoms with Crippen LogP contribution in [0.2, 0.25) is 0 Å². The lowest BCUT2D eigenvalue weighted by atomic mass is 10.3. The number of benzene rings is 1. The Bertz CT molecular complexity index is 869.